The summed E-state index contributed by atoms with van der Waals surface area (Å²) in [5.74, 6) is 0. The van der Waals surface area contributed by atoms with Crippen LogP contribution in [0.4, 0.5) is 0 Å². The van der Waals surface area contributed by atoms with Gasteiger partial charge in [0.05, 0.1) is 0 Å². The van der Waals surface area contributed by atoms with Crippen LogP contribution >= 0.6 is 11.6 Å². The summed E-state index contributed by atoms with van der Waals surface area (Å²) < 4.78 is 0. The molecule has 0 saturated heterocycles. The smallest absolute Gasteiger partial charge is 0.0406 e. The van der Waals surface area contributed by atoms with E-state index in [-0.39, 0.29) is 6.04 Å². The molecular formula is C15H17ClN2. The van der Waals surface area contributed by atoms with Gasteiger partial charge in [-0.1, -0.05) is 23.7 Å². The number of benzene rings is 1. The molecule has 1 N–H and O–H groups in total. The van der Waals surface area contributed by atoms with Crippen molar-refractivity contribution in [3.05, 3.63) is 64.9 Å². The average molecular weight is 261 g/mol. The summed E-state index contributed by atoms with van der Waals surface area (Å²) in [5, 5.41) is 4.33. The minimum absolute atomic E-state index is 0.283. The molecule has 2 atom stereocenters. The predicted octanol–water partition coefficient (Wildman–Crippen LogP) is 4.15. The molecule has 0 bridgehead atoms. The normalized spacial score (nSPS) is 14.2. The van der Waals surface area contributed by atoms with Gasteiger partial charge in [0.15, 0.2) is 0 Å². The van der Waals surface area contributed by atoms with Crippen LogP contribution in [0.3, 0.4) is 0 Å². The zero-order valence-electron chi connectivity index (χ0n) is 10.6. The zero-order chi connectivity index (χ0) is 13.0. The van der Waals surface area contributed by atoms with Crippen molar-refractivity contribution in [1.29, 1.82) is 0 Å². The van der Waals surface area contributed by atoms with Gasteiger partial charge in [-0.05, 0) is 49.2 Å². The van der Waals surface area contributed by atoms with E-state index in [4.69, 9.17) is 11.6 Å². The van der Waals surface area contributed by atoms with Gasteiger partial charge in [0, 0.05) is 29.5 Å². The van der Waals surface area contributed by atoms with Crippen molar-refractivity contribution in [3.8, 4) is 0 Å². The maximum Gasteiger partial charge on any atom is 0.0406 e. The molecule has 2 nitrogen and oxygen atoms in total. The number of hydrogen-bond acceptors (Lipinski definition) is 2. The quantitative estimate of drug-likeness (QED) is 0.893. The molecule has 0 amide bonds. The molecule has 0 radical (unpaired) electrons. The highest BCUT2D eigenvalue weighted by atomic mass is 35.5. The first-order valence-corrected chi connectivity index (χ1v) is 6.46. The summed E-state index contributed by atoms with van der Waals surface area (Å²) in [4.78, 5) is 4.03. The Morgan fingerprint density at radius 2 is 1.39 bits per heavy atom. The van der Waals surface area contributed by atoms with Gasteiger partial charge in [-0.3, -0.25) is 4.98 Å². The summed E-state index contributed by atoms with van der Waals surface area (Å²) in [6.45, 7) is 4.31. The largest absolute Gasteiger partial charge is 0.304 e. The molecule has 94 valence electrons. The first-order chi connectivity index (χ1) is 8.66. The molecule has 2 rings (SSSR count). The second kappa shape index (κ2) is 5.98. The lowest BCUT2D eigenvalue weighted by molar-refractivity contribution is 0.494. The Morgan fingerprint density at radius 1 is 0.889 bits per heavy atom. The number of hydrogen-bond donors (Lipinski definition) is 1. The number of nitrogens with one attached hydrogen (secondary N) is 1. The first-order valence-electron chi connectivity index (χ1n) is 6.08. The Balaban J connectivity index is 2.03. The van der Waals surface area contributed by atoms with E-state index in [2.05, 4.69) is 36.3 Å². The van der Waals surface area contributed by atoms with E-state index in [0.29, 0.717) is 6.04 Å². The van der Waals surface area contributed by atoms with Crippen LogP contribution in [0.25, 0.3) is 0 Å². The lowest BCUT2D eigenvalue weighted by atomic mass is 10.1. The van der Waals surface area contributed by atoms with Crippen molar-refractivity contribution in [2.75, 3.05) is 0 Å². The van der Waals surface area contributed by atoms with Gasteiger partial charge < -0.3 is 5.32 Å². The van der Waals surface area contributed by atoms with Gasteiger partial charge in [-0.2, -0.15) is 0 Å². The predicted molar refractivity (Wildman–Crippen MR) is 75.7 cm³/mol. The van der Waals surface area contributed by atoms with Crippen LogP contribution in [0.1, 0.15) is 37.1 Å². The average Bonchev–Trinajstić information content (AvgIpc) is 2.40. The maximum atomic E-state index is 5.89. The van der Waals surface area contributed by atoms with Gasteiger partial charge in [-0.15, -0.1) is 0 Å². The third-order valence-corrected chi connectivity index (χ3v) is 3.33. The maximum absolute atomic E-state index is 5.89. The zero-order valence-corrected chi connectivity index (χ0v) is 11.4. The highest BCUT2D eigenvalue weighted by Gasteiger charge is 2.10. The molecule has 1 aromatic heterocycles. The highest BCUT2D eigenvalue weighted by molar-refractivity contribution is 6.30. The van der Waals surface area contributed by atoms with Crippen LogP contribution in [0.15, 0.2) is 48.8 Å². The summed E-state index contributed by atoms with van der Waals surface area (Å²) in [6.07, 6.45) is 3.64. The number of aromatic nitrogens is 1. The fourth-order valence-electron chi connectivity index (χ4n) is 1.97. The highest BCUT2D eigenvalue weighted by Crippen LogP contribution is 2.20. The summed E-state index contributed by atoms with van der Waals surface area (Å²) in [6, 6.07) is 12.6. The van der Waals surface area contributed by atoms with Crippen LogP contribution in [-0.4, -0.2) is 4.98 Å². The topological polar surface area (TPSA) is 24.9 Å². The lowest BCUT2D eigenvalue weighted by Crippen LogP contribution is -2.22. The van der Waals surface area contributed by atoms with E-state index in [9.17, 15) is 0 Å². The number of halogens is 1. The van der Waals surface area contributed by atoms with Crippen molar-refractivity contribution in [2.45, 2.75) is 25.9 Å². The van der Waals surface area contributed by atoms with Gasteiger partial charge in [0.25, 0.3) is 0 Å². The van der Waals surface area contributed by atoms with E-state index in [1.807, 2.05) is 36.7 Å². The van der Waals surface area contributed by atoms with Crippen LogP contribution < -0.4 is 5.32 Å². The van der Waals surface area contributed by atoms with Crippen molar-refractivity contribution in [2.24, 2.45) is 0 Å². The SMILES string of the molecule is CC(N[C@H](C)c1ccc(Cl)cc1)c1ccncc1. The number of pyridine rings is 1. The van der Waals surface area contributed by atoms with E-state index in [0.717, 1.165) is 5.02 Å². The molecule has 0 spiro atoms. The number of nitrogens with zero attached hydrogens (tertiary/aromatic N) is 1. The molecule has 0 fully saturated rings. The standard InChI is InChI=1S/C15H17ClN2/c1-11(13-3-5-15(16)6-4-13)18-12(2)14-7-9-17-10-8-14/h3-12,18H,1-2H3/t11-,12?/m1/s1. The number of rotatable bonds is 4. The van der Waals surface area contributed by atoms with Crippen LogP contribution in [0.5, 0.6) is 0 Å². The van der Waals surface area contributed by atoms with Crippen molar-refractivity contribution >= 4 is 11.6 Å². The Morgan fingerprint density at radius 3 is 1.94 bits per heavy atom. The minimum Gasteiger partial charge on any atom is -0.304 e. The lowest BCUT2D eigenvalue weighted by Gasteiger charge is -2.20. The van der Waals surface area contributed by atoms with E-state index < -0.39 is 0 Å². The van der Waals surface area contributed by atoms with E-state index >= 15 is 0 Å². The molecule has 0 aliphatic heterocycles. The third-order valence-electron chi connectivity index (χ3n) is 3.08. The summed E-state index contributed by atoms with van der Waals surface area (Å²) in [7, 11) is 0. The molecule has 0 aliphatic rings. The molecular weight excluding hydrogens is 244 g/mol. The fourth-order valence-corrected chi connectivity index (χ4v) is 2.10. The second-order valence-corrected chi connectivity index (χ2v) is 4.88. The molecule has 2 aromatic rings. The van der Waals surface area contributed by atoms with Crippen LogP contribution in [0.2, 0.25) is 5.02 Å². The van der Waals surface area contributed by atoms with Crippen LogP contribution in [0, 0.1) is 0 Å². The summed E-state index contributed by atoms with van der Waals surface area (Å²) >= 11 is 5.89. The van der Waals surface area contributed by atoms with Gasteiger partial charge in [-0.25, -0.2) is 0 Å². The molecule has 0 saturated carbocycles. The van der Waals surface area contributed by atoms with Gasteiger partial charge in [0.1, 0.15) is 0 Å². The molecule has 1 unspecified atom stereocenters. The van der Waals surface area contributed by atoms with Crippen molar-refractivity contribution in [3.63, 3.8) is 0 Å². The Kier molecular flexibility index (Phi) is 4.34. The molecule has 3 heteroatoms. The summed E-state index contributed by atoms with van der Waals surface area (Å²) in [5.41, 5.74) is 2.48. The van der Waals surface area contributed by atoms with Gasteiger partial charge >= 0.3 is 0 Å². The van der Waals surface area contributed by atoms with E-state index in [1.165, 1.54) is 11.1 Å². The van der Waals surface area contributed by atoms with Crippen LogP contribution in [-0.2, 0) is 0 Å². The van der Waals surface area contributed by atoms with Crippen molar-refractivity contribution in [1.82, 2.24) is 10.3 Å². The Hall–Kier alpha value is -1.38. The van der Waals surface area contributed by atoms with Crippen molar-refractivity contribution < 1.29 is 0 Å². The molecule has 1 heterocycles. The van der Waals surface area contributed by atoms with E-state index in [1.54, 1.807) is 0 Å². The first kappa shape index (κ1) is 13.1. The fraction of sp³-hybridized carbons (Fsp3) is 0.267. The molecule has 0 aliphatic carbocycles. The second-order valence-electron chi connectivity index (χ2n) is 4.44. The minimum atomic E-state index is 0.283. The Labute approximate surface area is 113 Å². The Bertz CT molecular complexity index is 482. The third kappa shape index (κ3) is 3.31. The molecule has 1 aromatic carbocycles. The monoisotopic (exact) mass is 260 g/mol. The van der Waals surface area contributed by atoms with Gasteiger partial charge in [0.2, 0.25) is 0 Å². The molecule has 18 heavy (non-hydrogen) atoms.